The Balaban J connectivity index is 2.46. The van der Waals surface area contributed by atoms with Gasteiger partial charge in [0, 0.05) is 39.2 Å². The Morgan fingerprint density at radius 1 is 1.55 bits per heavy atom. The van der Waals surface area contributed by atoms with Gasteiger partial charge in [-0.3, -0.25) is 9.59 Å². The van der Waals surface area contributed by atoms with Crippen LogP contribution in [0.1, 0.15) is 26.7 Å². The molecule has 1 aliphatic rings. The summed E-state index contributed by atoms with van der Waals surface area (Å²) in [4.78, 5) is 25.7. The van der Waals surface area contributed by atoms with Crippen LogP contribution in [0.3, 0.4) is 0 Å². The zero-order valence-corrected chi connectivity index (χ0v) is 12.7. The normalized spacial score (nSPS) is 20.6. The average Bonchev–Trinajstić information content (AvgIpc) is 2.76. The molecule has 0 bridgehead atoms. The average molecular weight is 285 g/mol. The number of likely N-dealkylation sites (tertiary alicyclic amines) is 1. The molecule has 0 aromatic carbocycles. The highest BCUT2D eigenvalue weighted by Crippen LogP contribution is 2.18. The quantitative estimate of drug-likeness (QED) is 0.656. The van der Waals surface area contributed by atoms with Crippen LogP contribution in [0.25, 0.3) is 0 Å². The van der Waals surface area contributed by atoms with Gasteiger partial charge in [0.25, 0.3) is 0 Å². The highest BCUT2D eigenvalue weighted by atomic mass is 16.5. The summed E-state index contributed by atoms with van der Waals surface area (Å²) in [6, 6.07) is -0.00868. The van der Waals surface area contributed by atoms with Gasteiger partial charge in [-0.2, -0.15) is 0 Å². The Bertz CT molecular complexity index is 334. The standard InChI is InChI=1S/C14H27N3O3/c1-10(2)6-12(8-15)16-14(19)11-7-13(18)17(9-11)4-5-20-3/h10-12H,4-9,15H2,1-3H3,(H,16,19). The summed E-state index contributed by atoms with van der Waals surface area (Å²) in [5.41, 5.74) is 5.68. The molecule has 2 atom stereocenters. The van der Waals surface area contributed by atoms with E-state index in [1.807, 2.05) is 0 Å². The largest absolute Gasteiger partial charge is 0.383 e. The molecule has 0 aliphatic carbocycles. The number of nitrogens with zero attached hydrogens (tertiary/aromatic N) is 1. The molecule has 2 amide bonds. The van der Waals surface area contributed by atoms with E-state index in [9.17, 15) is 9.59 Å². The number of methoxy groups -OCH3 is 1. The molecule has 1 rings (SSSR count). The van der Waals surface area contributed by atoms with Gasteiger partial charge in [-0.1, -0.05) is 13.8 Å². The Labute approximate surface area is 121 Å². The zero-order chi connectivity index (χ0) is 15.1. The molecular formula is C14H27N3O3. The van der Waals surface area contributed by atoms with E-state index in [-0.39, 0.29) is 30.2 Å². The summed E-state index contributed by atoms with van der Waals surface area (Å²) in [5.74, 6) is 0.178. The third kappa shape index (κ3) is 5.09. The molecule has 2 unspecified atom stereocenters. The summed E-state index contributed by atoms with van der Waals surface area (Å²) in [7, 11) is 1.60. The van der Waals surface area contributed by atoms with Gasteiger partial charge in [0.05, 0.1) is 12.5 Å². The molecule has 1 saturated heterocycles. The fourth-order valence-corrected chi connectivity index (χ4v) is 2.47. The number of nitrogens with two attached hydrogens (primary N) is 1. The van der Waals surface area contributed by atoms with Gasteiger partial charge in [-0.25, -0.2) is 0 Å². The number of amides is 2. The Kier molecular flexibility index (Phi) is 6.95. The first-order chi connectivity index (χ1) is 9.47. The van der Waals surface area contributed by atoms with E-state index in [1.54, 1.807) is 12.0 Å². The van der Waals surface area contributed by atoms with Crippen molar-refractivity contribution < 1.29 is 14.3 Å². The van der Waals surface area contributed by atoms with Gasteiger partial charge >= 0.3 is 0 Å². The fraction of sp³-hybridized carbons (Fsp3) is 0.857. The number of rotatable bonds is 8. The van der Waals surface area contributed by atoms with Crippen LogP contribution in [0.4, 0.5) is 0 Å². The third-order valence-corrected chi connectivity index (χ3v) is 3.54. The molecule has 20 heavy (non-hydrogen) atoms. The molecule has 0 spiro atoms. The smallest absolute Gasteiger partial charge is 0.225 e. The van der Waals surface area contributed by atoms with Crippen molar-refractivity contribution in [1.29, 1.82) is 0 Å². The first-order valence-corrected chi connectivity index (χ1v) is 7.25. The van der Waals surface area contributed by atoms with Crippen LogP contribution in [0.2, 0.25) is 0 Å². The highest BCUT2D eigenvalue weighted by molar-refractivity contribution is 5.89. The van der Waals surface area contributed by atoms with Crippen molar-refractivity contribution in [3.63, 3.8) is 0 Å². The Morgan fingerprint density at radius 2 is 2.25 bits per heavy atom. The van der Waals surface area contributed by atoms with E-state index in [0.29, 0.717) is 32.2 Å². The third-order valence-electron chi connectivity index (χ3n) is 3.54. The van der Waals surface area contributed by atoms with Crippen molar-refractivity contribution in [3.05, 3.63) is 0 Å². The van der Waals surface area contributed by atoms with Crippen LogP contribution in [-0.4, -0.2) is 56.1 Å². The van der Waals surface area contributed by atoms with Crippen molar-refractivity contribution in [2.45, 2.75) is 32.7 Å². The minimum absolute atomic E-state index is 0.00868. The summed E-state index contributed by atoms with van der Waals surface area (Å²) in [5, 5.41) is 2.96. The molecule has 1 heterocycles. The molecule has 0 aromatic heterocycles. The van der Waals surface area contributed by atoms with Crippen molar-refractivity contribution in [1.82, 2.24) is 10.2 Å². The lowest BCUT2D eigenvalue weighted by molar-refractivity contribution is -0.129. The predicted octanol–water partition coefficient (Wildman–Crippen LogP) is -0.0291. The number of hydrogen-bond donors (Lipinski definition) is 2. The van der Waals surface area contributed by atoms with E-state index in [4.69, 9.17) is 10.5 Å². The second-order valence-corrected chi connectivity index (χ2v) is 5.80. The van der Waals surface area contributed by atoms with Crippen LogP contribution in [-0.2, 0) is 14.3 Å². The van der Waals surface area contributed by atoms with Crippen LogP contribution < -0.4 is 11.1 Å². The second kappa shape index (κ2) is 8.21. The number of carbonyl (C=O) groups excluding carboxylic acids is 2. The first kappa shape index (κ1) is 16.9. The molecule has 1 aliphatic heterocycles. The zero-order valence-electron chi connectivity index (χ0n) is 12.7. The molecule has 1 fully saturated rings. The van der Waals surface area contributed by atoms with E-state index in [2.05, 4.69) is 19.2 Å². The van der Waals surface area contributed by atoms with Crippen LogP contribution in [0, 0.1) is 11.8 Å². The molecule has 6 nitrogen and oxygen atoms in total. The van der Waals surface area contributed by atoms with E-state index in [1.165, 1.54) is 0 Å². The lowest BCUT2D eigenvalue weighted by Crippen LogP contribution is -2.44. The maximum Gasteiger partial charge on any atom is 0.225 e. The van der Waals surface area contributed by atoms with Crippen molar-refractivity contribution in [3.8, 4) is 0 Å². The van der Waals surface area contributed by atoms with Crippen molar-refractivity contribution in [2.24, 2.45) is 17.6 Å². The Morgan fingerprint density at radius 3 is 2.80 bits per heavy atom. The van der Waals surface area contributed by atoms with E-state index < -0.39 is 0 Å². The SMILES string of the molecule is COCCN1CC(C(=O)NC(CN)CC(C)C)CC1=O. The monoisotopic (exact) mass is 285 g/mol. The fourth-order valence-electron chi connectivity index (χ4n) is 2.47. The van der Waals surface area contributed by atoms with Crippen LogP contribution in [0.15, 0.2) is 0 Å². The number of carbonyl (C=O) groups is 2. The van der Waals surface area contributed by atoms with Crippen LogP contribution >= 0.6 is 0 Å². The van der Waals surface area contributed by atoms with Gasteiger partial charge < -0.3 is 20.7 Å². The maximum atomic E-state index is 12.2. The molecule has 0 saturated carbocycles. The number of ether oxygens (including phenoxy) is 1. The van der Waals surface area contributed by atoms with Gasteiger partial charge in [-0.15, -0.1) is 0 Å². The topological polar surface area (TPSA) is 84.7 Å². The van der Waals surface area contributed by atoms with E-state index >= 15 is 0 Å². The van der Waals surface area contributed by atoms with Crippen LogP contribution in [0.5, 0.6) is 0 Å². The number of hydrogen-bond acceptors (Lipinski definition) is 4. The van der Waals surface area contributed by atoms with Gasteiger partial charge in [-0.05, 0) is 12.3 Å². The summed E-state index contributed by atoms with van der Waals surface area (Å²) in [6.07, 6.45) is 1.14. The number of nitrogens with one attached hydrogen (secondary N) is 1. The van der Waals surface area contributed by atoms with Crippen molar-refractivity contribution >= 4 is 11.8 Å². The Hall–Kier alpha value is -1.14. The summed E-state index contributed by atoms with van der Waals surface area (Å²) >= 11 is 0. The molecule has 3 N–H and O–H groups in total. The minimum atomic E-state index is -0.263. The molecular weight excluding hydrogens is 258 g/mol. The lowest BCUT2D eigenvalue weighted by Gasteiger charge is -2.21. The van der Waals surface area contributed by atoms with Gasteiger partial charge in [0.15, 0.2) is 0 Å². The molecule has 0 aromatic rings. The van der Waals surface area contributed by atoms with Gasteiger partial charge in [0.2, 0.25) is 11.8 Å². The maximum absolute atomic E-state index is 12.2. The van der Waals surface area contributed by atoms with Gasteiger partial charge in [0.1, 0.15) is 0 Å². The second-order valence-electron chi connectivity index (χ2n) is 5.80. The molecule has 116 valence electrons. The highest BCUT2D eigenvalue weighted by Gasteiger charge is 2.34. The van der Waals surface area contributed by atoms with Crippen molar-refractivity contribution in [2.75, 3.05) is 33.4 Å². The first-order valence-electron chi connectivity index (χ1n) is 7.25. The molecule has 0 radical (unpaired) electrons. The molecule has 6 heteroatoms. The lowest BCUT2D eigenvalue weighted by atomic mass is 10.0. The van der Waals surface area contributed by atoms with E-state index in [0.717, 1.165) is 6.42 Å². The summed E-state index contributed by atoms with van der Waals surface area (Å²) < 4.78 is 4.96. The predicted molar refractivity (Wildman–Crippen MR) is 77.0 cm³/mol. The minimum Gasteiger partial charge on any atom is -0.383 e. The summed E-state index contributed by atoms with van der Waals surface area (Å²) in [6.45, 7) is 6.15.